The number of alkyl halides is 1. The van der Waals surface area contributed by atoms with Crippen LogP contribution in [0.25, 0.3) is 0 Å². The highest BCUT2D eigenvalue weighted by molar-refractivity contribution is 5.05. The van der Waals surface area contributed by atoms with Crippen molar-refractivity contribution in [3.05, 3.63) is 0 Å². The average molecular weight is 213 g/mol. The third-order valence-electron chi connectivity index (χ3n) is 4.53. The van der Waals surface area contributed by atoms with Crippen LogP contribution in [0.4, 0.5) is 4.39 Å². The topological polar surface area (TPSA) is 12.5 Å². The van der Waals surface area contributed by atoms with Gasteiger partial charge in [-0.25, -0.2) is 4.39 Å². The lowest BCUT2D eigenvalue weighted by molar-refractivity contribution is 0.0967. The van der Waals surface area contributed by atoms with Crippen LogP contribution in [0.2, 0.25) is 0 Å². The first-order valence-corrected chi connectivity index (χ1v) is 6.13. The number of nitrogens with zero attached hydrogens (tertiary/aromatic N) is 1. The normalized spacial score (nSPS) is 42.4. The van der Waals surface area contributed by atoms with Gasteiger partial charge in [0.25, 0.3) is 0 Å². The second-order valence-electron chi connectivity index (χ2n) is 5.66. The summed E-state index contributed by atoms with van der Waals surface area (Å²) in [4.78, 5) is 2.44. The highest BCUT2D eigenvalue weighted by Crippen LogP contribution is 2.50. The molecule has 0 N–H and O–H groups in total. The molecule has 3 unspecified atom stereocenters. The van der Waals surface area contributed by atoms with Crippen molar-refractivity contribution >= 4 is 0 Å². The highest BCUT2D eigenvalue weighted by atomic mass is 19.1. The minimum Gasteiger partial charge on any atom is -0.384 e. The Hall–Kier alpha value is -0.150. The summed E-state index contributed by atoms with van der Waals surface area (Å²) in [5.41, 5.74) is 0.389. The lowest BCUT2D eigenvalue weighted by Crippen LogP contribution is -2.37. The first-order chi connectivity index (χ1) is 7.24. The quantitative estimate of drug-likeness (QED) is 0.708. The molecule has 0 aromatic rings. The van der Waals surface area contributed by atoms with Gasteiger partial charge in [0, 0.05) is 31.2 Å². The third kappa shape index (κ3) is 1.60. The van der Waals surface area contributed by atoms with Crippen molar-refractivity contribution in [1.29, 1.82) is 0 Å². The standard InChI is InChI=1S/C12H20FNO/c1-15-8-12(4-5-12)7-14-9-2-3-11(14)10(13)6-9/h9-11H,2-8H2,1H3. The largest absolute Gasteiger partial charge is 0.384 e. The number of hydrogen-bond acceptors (Lipinski definition) is 2. The molecule has 15 heavy (non-hydrogen) atoms. The van der Waals surface area contributed by atoms with Gasteiger partial charge >= 0.3 is 0 Å². The molecule has 2 bridgehead atoms. The molecule has 0 spiro atoms. The first kappa shape index (κ1) is 10.0. The van der Waals surface area contributed by atoms with Gasteiger partial charge in [-0.05, 0) is 32.1 Å². The summed E-state index contributed by atoms with van der Waals surface area (Å²) >= 11 is 0. The number of halogens is 1. The van der Waals surface area contributed by atoms with Gasteiger partial charge in [0.15, 0.2) is 0 Å². The van der Waals surface area contributed by atoms with Gasteiger partial charge in [-0.3, -0.25) is 4.90 Å². The zero-order valence-electron chi connectivity index (χ0n) is 9.42. The third-order valence-corrected chi connectivity index (χ3v) is 4.53. The van der Waals surface area contributed by atoms with Crippen molar-refractivity contribution in [1.82, 2.24) is 4.90 Å². The monoisotopic (exact) mass is 213 g/mol. The lowest BCUT2D eigenvalue weighted by atomic mass is 9.99. The van der Waals surface area contributed by atoms with Crippen molar-refractivity contribution in [2.75, 3.05) is 20.3 Å². The van der Waals surface area contributed by atoms with Crippen LogP contribution in [0.3, 0.4) is 0 Å². The molecule has 1 aliphatic carbocycles. The fraction of sp³-hybridized carbons (Fsp3) is 1.00. The molecule has 1 saturated carbocycles. The van der Waals surface area contributed by atoms with Crippen LogP contribution in [0, 0.1) is 5.41 Å². The van der Waals surface area contributed by atoms with Crippen molar-refractivity contribution in [3.63, 3.8) is 0 Å². The van der Waals surface area contributed by atoms with Gasteiger partial charge in [-0.15, -0.1) is 0 Å². The summed E-state index contributed by atoms with van der Waals surface area (Å²) in [5.74, 6) is 0. The second kappa shape index (κ2) is 3.42. The van der Waals surface area contributed by atoms with E-state index in [1.54, 1.807) is 7.11 Å². The van der Waals surface area contributed by atoms with Crippen LogP contribution in [0.15, 0.2) is 0 Å². The lowest BCUT2D eigenvalue weighted by Gasteiger charge is -2.27. The van der Waals surface area contributed by atoms with Gasteiger partial charge in [0.2, 0.25) is 0 Å². The van der Waals surface area contributed by atoms with E-state index in [2.05, 4.69) is 4.90 Å². The van der Waals surface area contributed by atoms with Gasteiger partial charge in [0.05, 0.1) is 6.61 Å². The van der Waals surface area contributed by atoms with E-state index in [0.717, 1.165) is 26.0 Å². The highest BCUT2D eigenvalue weighted by Gasteiger charge is 2.52. The summed E-state index contributed by atoms with van der Waals surface area (Å²) in [6.07, 6.45) is 5.07. The zero-order chi connectivity index (χ0) is 10.5. The van der Waals surface area contributed by atoms with Crippen LogP contribution in [0.1, 0.15) is 32.1 Å². The van der Waals surface area contributed by atoms with E-state index in [-0.39, 0.29) is 6.04 Å². The zero-order valence-corrected chi connectivity index (χ0v) is 9.42. The van der Waals surface area contributed by atoms with E-state index in [4.69, 9.17) is 4.74 Å². The molecule has 0 amide bonds. The molecule has 3 atom stereocenters. The summed E-state index contributed by atoms with van der Waals surface area (Å²) < 4.78 is 18.9. The molecule has 3 rings (SSSR count). The van der Waals surface area contributed by atoms with Gasteiger partial charge in [-0.1, -0.05) is 0 Å². The van der Waals surface area contributed by atoms with E-state index in [9.17, 15) is 4.39 Å². The number of rotatable bonds is 4. The average Bonchev–Trinajstić information content (AvgIpc) is 2.77. The van der Waals surface area contributed by atoms with Crippen molar-refractivity contribution < 1.29 is 9.13 Å². The fourth-order valence-electron chi connectivity index (χ4n) is 3.49. The molecule has 86 valence electrons. The van der Waals surface area contributed by atoms with E-state index >= 15 is 0 Å². The van der Waals surface area contributed by atoms with Crippen LogP contribution in [-0.2, 0) is 4.74 Å². The molecular weight excluding hydrogens is 193 g/mol. The van der Waals surface area contributed by atoms with E-state index in [0.29, 0.717) is 11.5 Å². The number of ether oxygens (including phenoxy) is 1. The summed E-state index contributed by atoms with van der Waals surface area (Å²) in [7, 11) is 1.77. The molecule has 0 radical (unpaired) electrons. The molecular formula is C12H20FNO. The minimum absolute atomic E-state index is 0.240. The molecule has 2 aliphatic heterocycles. The maximum Gasteiger partial charge on any atom is 0.117 e. The van der Waals surface area contributed by atoms with Gasteiger partial charge < -0.3 is 4.74 Å². The molecule has 2 heterocycles. The summed E-state index contributed by atoms with van der Waals surface area (Å²) in [6.45, 7) is 1.94. The molecule has 3 aliphatic rings. The Morgan fingerprint density at radius 1 is 1.40 bits per heavy atom. The van der Waals surface area contributed by atoms with Crippen LogP contribution < -0.4 is 0 Å². The first-order valence-electron chi connectivity index (χ1n) is 6.13. The maximum absolute atomic E-state index is 13.6. The predicted molar refractivity (Wildman–Crippen MR) is 56.6 cm³/mol. The SMILES string of the molecule is COCC1(CN2C3CCC2C(F)C3)CC1. The van der Waals surface area contributed by atoms with Crippen molar-refractivity contribution in [2.45, 2.75) is 50.4 Å². The van der Waals surface area contributed by atoms with Crippen molar-refractivity contribution in [2.24, 2.45) is 5.41 Å². The molecule has 2 nitrogen and oxygen atoms in total. The number of methoxy groups -OCH3 is 1. The van der Waals surface area contributed by atoms with E-state index in [1.807, 2.05) is 0 Å². The van der Waals surface area contributed by atoms with Crippen LogP contribution in [0.5, 0.6) is 0 Å². The number of fused-ring (bicyclic) bond motifs is 2. The van der Waals surface area contributed by atoms with Gasteiger partial charge in [-0.2, -0.15) is 0 Å². The predicted octanol–water partition coefficient (Wildman–Crippen LogP) is 1.99. The van der Waals surface area contributed by atoms with Crippen molar-refractivity contribution in [3.8, 4) is 0 Å². The molecule has 2 saturated heterocycles. The maximum atomic E-state index is 13.6. The molecule has 3 fully saturated rings. The Labute approximate surface area is 90.8 Å². The number of hydrogen-bond donors (Lipinski definition) is 0. The van der Waals surface area contributed by atoms with E-state index in [1.165, 1.54) is 19.3 Å². The molecule has 0 aromatic carbocycles. The van der Waals surface area contributed by atoms with Crippen LogP contribution in [-0.4, -0.2) is 43.4 Å². The Kier molecular flexibility index (Phi) is 2.29. The summed E-state index contributed by atoms with van der Waals surface area (Å²) in [6, 6.07) is 0.781. The smallest absolute Gasteiger partial charge is 0.117 e. The molecule has 0 aromatic heterocycles. The van der Waals surface area contributed by atoms with E-state index < -0.39 is 6.17 Å². The molecule has 3 heteroatoms. The Balaban J connectivity index is 1.64. The Morgan fingerprint density at radius 3 is 2.67 bits per heavy atom. The Bertz CT molecular complexity index is 254. The fourth-order valence-corrected chi connectivity index (χ4v) is 3.49. The minimum atomic E-state index is -0.554. The van der Waals surface area contributed by atoms with Crippen LogP contribution >= 0.6 is 0 Å². The van der Waals surface area contributed by atoms with Gasteiger partial charge in [0.1, 0.15) is 6.17 Å². The second-order valence-corrected chi connectivity index (χ2v) is 5.66. The summed E-state index contributed by atoms with van der Waals surface area (Å²) in [5, 5.41) is 0. The Morgan fingerprint density at radius 2 is 2.20 bits per heavy atom.